The normalized spacial score (nSPS) is 13.4. The highest BCUT2D eigenvalue weighted by atomic mass is 32.2. The molecule has 0 fully saturated rings. The van der Waals surface area contributed by atoms with Crippen molar-refractivity contribution in [3.8, 4) is 0 Å². The first-order valence-electron chi connectivity index (χ1n) is 8.19. The molecule has 1 unspecified atom stereocenters. The van der Waals surface area contributed by atoms with Gasteiger partial charge in [-0.25, -0.2) is 21.6 Å². The summed E-state index contributed by atoms with van der Waals surface area (Å²) in [5.41, 5.74) is 0.924. The number of rotatable bonds is 7. The van der Waals surface area contributed by atoms with Crippen molar-refractivity contribution in [3.05, 3.63) is 84.3 Å². The molecule has 6 nitrogen and oxygen atoms in total. The van der Waals surface area contributed by atoms with Gasteiger partial charge in [0.1, 0.15) is 11.0 Å². The standard InChI is InChI=1S/C19H19NO5S2/c1-15-9-11-16(12-10-15)26(21,22)19(18-8-5-13-25-18)14-20-27(23,24)17-6-3-2-4-7-17/h2-13,19-20H,14H2,1H3. The third kappa shape index (κ3) is 4.29. The molecule has 0 aliphatic rings. The highest BCUT2D eigenvalue weighted by Gasteiger charge is 2.32. The van der Waals surface area contributed by atoms with Crippen molar-refractivity contribution in [1.82, 2.24) is 4.72 Å². The van der Waals surface area contributed by atoms with Gasteiger partial charge in [-0.1, -0.05) is 35.9 Å². The summed E-state index contributed by atoms with van der Waals surface area (Å²) in [6, 6.07) is 17.3. The molecule has 0 saturated heterocycles. The molecule has 0 aliphatic carbocycles. The SMILES string of the molecule is Cc1ccc(S(=O)(=O)C(CNS(=O)(=O)c2ccccc2)c2ccco2)cc1. The lowest BCUT2D eigenvalue weighted by molar-refractivity contribution is 0.486. The van der Waals surface area contributed by atoms with E-state index in [0.29, 0.717) is 0 Å². The molecule has 1 N–H and O–H groups in total. The molecule has 3 rings (SSSR count). The van der Waals surface area contributed by atoms with Crippen LogP contribution < -0.4 is 4.72 Å². The van der Waals surface area contributed by atoms with E-state index in [1.54, 1.807) is 36.4 Å². The Hall–Kier alpha value is -2.42. The molecule has 0 saturated carbocycles. The number of hydrogen-bond acceptors (Lipinski definition) is 5. The summed E-state index contributed by atoms with van der Waals surface area (Å²) in [6.45, 7) is 1.51. The molecule has 0 aliphatic heterocycles. The summed E-state index contributed by atoms with van der Waals surface area (Å²) in [7, 11) is -7.72. The Morgan fingerprint density at radius 2 is 1.52 bits per heavy atom. The van der Waals surface area contributed by atoms with Gasteiger partial charge in [-0.2, -0.15) is 0 Å². The predicted octanol–water partition coefficient (Wildman–Crippen LogP) is 3.08. The van der Waals surface area contributed by atoms with Crippen LogP contribution in [0.3, 0.4) is 0 Å². The van der Waals surface area contributed by atoms with Gasteiger partial charge in [-0.05, 0) is 43.3 Å². The number of hydrogen-bond donors (Lipinski definition) is 1. The van der Waals surface area contributed by atoms with Gasteiger partial charge >= 0.3 is 0 Å². The van der Waals surface area contributed by atoms with Gasteiger partial charge < -0.3 is 4.42 Å². The third-order valence-corrected chi connectivity index (χ3v) is 7.61. The molecular formula is C19H19NO5S2. The Kier molecular flexibility index (Phi) is 5.50. The number of nitrogens with one attached hydrogen (secondary N) is 1. The van der Waals surface area contributed by atoms with Crippen LogP contribution in [0.1, 0.15) is 16.6 Å². The summed E-state index contributed by atoms with van der Waals surface area (Å²) in [5.74, 6) is 0.173. The van der Waals surface area contributed by atoms with Gasteiger partial charge in [0.2, 0.25) is 10.0 Å². The summed E-state index contributed by atoms with van der Waals surface area (Å²) in [6.07, 6.45) is 1.36. The number of aryl methyl sites for hydroxylation is 1. The van der Waals surface area contributed by atoms with E-state index in [1.807, 2.05) is 6.92 Å². The molecule has 2 aromatic carbocycles. The lowest BCUT2D eigenvalue weighted by atomic mass is 10.2. The second kappa shape index (κ2) is 7.67. The molecule has 3 aromatic rings. The summed E-state index contributed by atoms with van der Waals surface area (Å²) < 4.78 is 58.8. The van der Waals surface area contributed by atoms with Crippen molar-refractivity contribution in [2.45, 2.75) is 22.0 Å². The average Bonchev–Trinajstić information content (AvgIpc) is 3.17. The minimum atomic E-state index is -3.87. The van der Waals surface area contributed by atoms with E-state index in [4.69, 9.17) is 4.42 Å². The zero-order valence-electron chi connectivity index (χ0n) is 14.6. The lowest BCUT2D eigenvalue weighted by Gasteiger charge is -2.17. The van der Waals surface area contributed by atoms with E-state index in [0.717, 1.165) is 5.56 Å². The largest absolute Gasteiger partial charge is 0.468 e. The van der Waals surface area contributed by atoms with Crippen LogP contribution in [0, 0.1) is 6.92 Å². The molecule has 27 heavy (non-hydrogen) atoms. The molecule has 1 atom stereocenters. The minimum Gasteiger partial charge on any atom is -0.468 e. The van der Waals surface area contributed by atoms with Gasteiger partial charge in [-0.3, -0.25) is 0 Å². The van der Waals surface area contributed by atoms with Gasteiger partial charge in [0.15, 0.2) is 9.84 Å². The zero-order chi connectivity index (χ0) is 19.5. The fourth-order valence-electron chi connectivity index (χ4n) is 2.60. The molecule has 8 heteroatoms. The van der Waals surface area contributed by atoms with Crippen molar-refractivity contribution in [2.24, 2.45) is 0 Å². The quantitative estimate of drug-likeness (QED) is 0.652. The fraction of sp³-hybridized carbons (Fsp3) is 0.158. The van der Waals surface area contributed by atoms with Crippen molar-refractivity contribution < 1.29 is 21.3 Å². The molecule has 0 spiro atoms. The molecular weight excluding hydrogens is 386 g/mol. The second-order valence-electron chi connectivity index (χ2n) is 6.03. The summed E-state index contributed by atoms with van der Waals surface area (Å²) in [4.78, 5) is 0.171. The highest BCUT2D eigenvalue weighted by molar-refractivity contribution is 7.92. The first-order valence-corrected chi connectivity index (χ1v) is 11.2. The minimum absolute atomic E-state index is 0.0657. The highest BCUT2D eigenvalue weighted by Crippen LogP contribution is 2.29. The first kappa shape index (κ1) is 19.3. The smallest absolute Gasteiger partial charge is 0.240 e. The maximum absolute atomic E-state index is 13.1. The molecule has 0 amide bonds. The predicted molar refractivity (Wildman–Crippen MR) is 101 cm³/mol. The van der Waals surface area contributed by atoms with E-state index in [2.05, 4.69) is 4.72 Å². The zero-order valence-corrected chi connectivity index (χ0v) is 16.2. The third-order valence-electron chi connectivity index (χ3n) is 4.10. The second-order valence-corrected chi connectivity index (χ2v) is 9.92. The van der Waals surface area contributed by atoms with E-state index in [1.165, 1.54) is 36.6 Å². The maximum Gasteiger partial charge on any atom is 0.240 e. The topological polar surface area (TPSA) is 93.5 Å². The monoisotopic (exact) mass is 405 g/mol. The van der Waals surface area contributed by atoms with E-state index < -0.39 is 25.1 Å². The summed E-state index contributed by atoms with van der Waals surface area (Å²) in [5, 5.41) is -1.19. The number of furan rings is 1. The van der Waals surface area contributed by atoms with Crippen LogP contribution in [-0.2, 0) is 19.9 Å². The number of sulfonamides is 1. The summed E-state index contributed by atoms with van der Waals surface area (Å²) >= 11 is 0. The molecule has 1 aromatic heterocycles. The maximum atomic E-state index is 13.1. The lowest BCUT2D eigenvalue weighted by Crippen LogP contribution is -2.31. The van der Waals surface area contributed by atoms with Crippen LogP contribution in [0.4, 0.5) is 0 Å². The van der Waals surface area contributed by atoms with Crippen molar-refractivity contribution in [3.63, 3.8) is 0 Å². The van der Waals surface area contributed by atoms with Crippen LogP contribution in [0.5, 0.6) is 0 Å². The molecule has 0 bridgehead atoms. The Labute approximate surface area is 158 Å². The van der Waals surface area contributed by atoms with Gasteiger partial charge in [-0.15, -0.1) is 0 Å². The van der Waals surface area contributed by atoms with E-state index in [9.17, 15) is 16.8 Å². The molecule has 142 valence electrons. The van der Waals surface area contributed by atoms with Crippen molar-refractivity contribution in [1.29, 1.82) is 0 Å². The Morgan fingerprint density at radius 1 is 0.852 bits per heavy atom. The number of benzene rings is 2. The van der Waals surface area contributed by atoms with E-state index in [-0.39, 0.29) is 22.1 Å². The number of sulfone groups is 1. The Bertz CT molecular complexity index is 1090. The van der Waals surface area contributed by atoms with Gasteiger partial charge in [0, 0.05) is 6.54 Å². The van der Waals surface area contributed by atoms with Crippen LogP contribution >= 0.6 is 0 Å². The Morgan fingerprint density at radius 3 is 2.11 bits per heavy atom. The first-order chi connectivity index (χ1) is 12.8. The average molecular weight is 405 g/mol. The van der Waals surface area contributed by atoms with Crippen LogP contribution in [0.15, 0.2) is 87.2 Å². The van der Waals surface area contributed by atoms with E-state index >= 15 is 0 Å². The molecule has 1 heterocycles. The van der Waals surface area contributed by atoms with Crippen LogP contribution in [0.2, 0.25) is 0 Å². The van der Waals surface area contributed by atoms with Crippen LogP contribution in [0.25, 0.3) is 0 Å². The van der Waals surface area contributed by atoms with Gasteiger partial charge in [0.05, 0.1) is 16.1 Å². The van der Waals surface area contributed by atoms with Crippen LogP contribution in [-0.4, -0.2) is 23.4 Å². The van der Waals surface area contributed by atoms with Crippen molar-refractivity contribution >= 4 is 19.9 Å². The van der Waals surface area contributed by atoms with Crippen molar-refractivity contribution in [2.75, 3.05) is 6.54 Å². The fourth-order valence-corrected chi connectivity index (χ4v) is 5.36. The Balaban J connectivity index is 1.92. The van der Waals surface area contributed by atoms with Gasteiger partial charge in [0.25, 0.3) is 0 Å². The molecule has 0 radical (unpaired) electrons.